The lowest BCUT2D eigenvalue weighted by Crippen LogP contribution is -1.92. The second kappa shape index (κ2) is 8.36. The first-order valence-corrected chi connectivity index (χ1v) is 11.9. The number of fused-ring (bicyclic) bond motifs is 4. The highest BCUT2D eigenvalue weighted by molar-refractivity contribution is 6.03. The van der Waals surface area contributed by atoms with Gasteiger partial charge in [0.1, 0.15) is 0 Å². The standard InChI is InChI=1S/C32H20N4/c1-2-8-26(27-16-15-23-12-11-22-6-5-19-34-31(22)32(23)36-27)25(7-1)24-13-10-21-14-17-29(35-30(21)20-24)28-9-3-4-18-33-28/h1-20H. The van der Waals surface area contributed by atoms with Gasteiger partial charge in [-0.2, -0.15) is 0 Å². The molecule has 0 amide bonds. The molecule has 0 N–H and O–H groups in total. The van der Waals surface area contributed by atoms with Crippen molar-refractivity contribution in [1.29, 1.82) is 0 Å². The average molecular weight is 461 g/mol. The Hall–Kier alpha value is -4.96. The number of aromatic nitrogens is 4. The summed E-state index contributed by atoms with van der Waals surface area (Å²) >= 11 is 0. The molecule has 4 nitrogen and oxygen atoms in total. The smallest absolute Gasteiger partial charge is 0.0972 e. The minimum absolute atomic E-state index is 0.865. The van der Waals surface area contributed by atoms with Gasteiger partial charge in [0.25, 0.3) is 0 Å². The second-order valence-electron chi connectivity index (χ2n) is 8.77. The van der Waals surface area contributed by atoms with Crippen molar-refractivity contribution < 1.29 is 0 Å². The molecule has 7 aromatic rings. The van der Waals surface area contributed by atoms with Gasteiger partial charge in [0.05, 0.1) is 33.6 Å². The molecule has 0 aliphatic rings. The first-order valence-electron chi connectivity index (χ1n) is 11.9. The van der Waals surface area contributed by atoms with Gasteiger partial charge >= 0.3 is 0 Å². The highest BCUT2D eigenvalue weighted by atomic mass is 14.8. The summed E-state index contributed by atoms with van der Waals surface area (Å²) in [7, 11) is 0. The Morgan fingerprint density at radius 2 is 1.14 bits per heavy atom. The molecular weight excluding hydrogens is 440 g/mol. The predicted molar refractivity (Wildman–Crippen MR) is 146 cm³/mol. The number of pyridine rings is 4. The summed E-state index contributed by atoms with van der Waals surface area (Å²) in [5.74, 6) is 0. The van der Waals surface area contributed by atoms with Crippen LogP contribution in [0.25, 0.3) is 66.5 Å². The Morgan fingerprint density at radius 3 is 2.03 bits per heavy atom. The SMILES string of the molecule is c1ccc(-c2ccc3ccc(-c4ccccc4-c4ccc5ccc6cccnc6c5n4)cc3n2)nc1. The summed E-state index contributed by atoms with van der Waals surface area (Å²) in [6, 6.07) is 37.3. The maximum atomic E-state index is 5.09. The number of hydrogen-bond donors (Lipinski definition) is 0. The van der Waals surface area contributed by atoms with E-state index >= 15 is 0 Å². The van der Waals surface area contributed by atoms with Crippen LogP contribution in [0.1, 0.15) is 0 Å². The molecule has 0 atom stereocenters. The normalized spacial score (nSPS) is 11.3. The van der Waals surface area contributed by atoms with Crippen LogP contribution in [0.2, 0.25) is 0 Å². The summed E-state index contributed by atoms with van der Waals surface area (Å²) in [5.41, 5.74) is 8.72. The van der Waals surface area contributed by atoms with E-state index in [2.05, 4.69) is 88.8 Å². The lowest BCUT2D eigenvalue weighted by Gasteiger charge is -2.12. The van der Waals surface area contributed by atoms with Crippen LogP contribution in [-0.4, -0.2) is 19.9 Å². The van der Waals surface area contributed by atoms with Crippen LogP contribution in [0, 0.1) is 0 Å². The van der Waals surface area contributed by atoms with Crippen molar-refractivity contribution in [2.24, 2.45) is 0 Å². The summed E-state index contributed by atoms with van der Waals surface area (Å²) in [5, 5.41) is 3.27. The zero-order valence-corrected chi connectivity index (χ0v) is 19.3. The van der Waals surface area contributed by atoms with Crippen LogP contribution >= 0.6 is 0 Å². The van der Waals surface area contributed by atoms with E-state index in [1.165, 1.54) is 0 Å². The summed E-state index contributed by atoms with van der Waals surface area (Å²) in [6.45, 7) is 0. The van der Waals surface area contributed by atoms with E-state index in [1.807, 2.05) is 36.5 Å². The molecular formula is C32H20N4. The van der Waals surface area contributed by atoms with Crippen molar-refractivity contribution in [3.63, 3.8) is 0 Å². The lowest BCUT2D eigenvalue weighted by atomic mass is 9.96. The molecule has 7 rings (SSSR count). The Kier molecular flexibility index (Phi) is 4.74. The van der Waals surface area contributed by atoms with Crippen LogP contribution in [0.4, 0.5) is 0 Å². The quantitative estimate of drug-likeness (QED) is 0.253. The number of hydrogen-bond acceptors (Lipinski definition) is 4. The molecule has 36 heavy (non-hydrogen) atoms. The fraction of sp³-hybridized carbons (Fsp3) is 0. The van der Waals surface area contributed by atoms with Gasteiger partial charge in [-0.15, -0.1) is 0 Å². The van der Waals surface area contributed by atoms with E-state index in [0.29, 0.717) is 0 Å². The molecule has 168 valence electrons. The van der Waals surface area contributed by atoms with Crippen LogP contribution in [-0.2, 0) is 0 Å². The monoisotopic (exact) mass is 460 g/mol. The third-order valence-corrected chi connectivity index (χ3v) is 6.57. The molecule has 0 radical (unpaired) electrons. The summed E-state index contributed by atoms with van der Waals surface area (Å²) in [4.78, 5) is 19.1. The topological polar surface area (TPSA) is 51.6 Å². The molecule has 0 aliphatic heterocycles. The zero-order valence-electron chi connectivity index (χ0n) is 19.3. The molecule has 0 saturated carbocycles. The van der Waals surface area contributed by atoms with Crippen molar-refractivity contribution in [3.05, 3.63) is 122 Å². The van der Waals surface area contributed by atoms with Gasteiger partial charge in [-0.1, -0.05) is 72.8 Å². The van der Waals surface area contributed by atoms with Gasteiger partial charge in [0, 0.05) is 34.1 Å². The lowest BCUT2D eigenvalue weighted by molar-refractivity contribution is 1.28. The first-order chi connectivity index (χ1) is 17.8. The third-order valence-electron chi connectivity index (χ3n) is 6.57. The Morgan fingerprint density at radius 1 is 0.417 bits per heavy atom. The van der Waals surface area contributed by atoms with E-state index < -0.39 is 0 Å². The molecule has 3 aromatic carbocycles. The highest BCUT2D eigenvalue weighted by Crippen LogP contribution is 2.34. The molecule has 0 saturated heterocycles. The van der Waals surface area contributed by atoms with Crippen LogP contribution in [0.5, 0.6) is 0 Å². The fourth-order valence-electron chi connectivity index (χ4n) is 4.77. The van der Waals surface area contributed by atoms with Crippen LogP contribution in [0.3, 0.4) is 0 Å². The minimum Gasteiger partial charge on any atom is -0.255 e. The van der Waals surface area contributed by atoms with E-state index in [1.54, 1.807) is 6.20 Å². The molecule has 0 aliphatic carbocycles. The second-order valence-corrected chi connectivity index (χ2v) is 8.77. The maximum Gasteiger partial charge on any atom is 0.0972 e. The average Bonchev–Trinajstić information content (AvgIpc) is 2.96. The van der Waals surface area contributed by atoms with E-state index in [9.17, 15) is 0 Å². The Balaban J connectivity index is 1.38. The predicted octanol–water partition coefficient (Wildman–Crippen LogP) is 7.73. The Bertz CT molecular complexity index is 1890. The van der Waals surface area contributed by atoms with Crippen molar-refractivity contribution in [3.8, 4) is 33.8 Å². The van der Waals surface area contributed by atoms with Crippen molar-refractivity contribution >= 4 is 32.7 Å². The van der Waals surface area contributed by atoms with Crippen LogP contribution < -0.4 is 0 Å². The van der Waals surface area contributed by atoms with Gasteiger partial charge < -0.3 is 0 Å². The fourth-order valence-corrected chi connectivity index (χ4v) is 4.77. The maximum absolute atomic E-state index is 5.09. The first kappa shape index (κ1) is 20.4. The zero-order chi connectivity index (χ0) is 23.9. The minimum atomic E-state index is 0.865. The van der Waals surface area contributed by atoms with Crippen molar-refractivity contribution in [2.75, 3.05) is 0 Å². The number of benzene rings is 3. The number of nitrogens with zero attached hydrogens (tertiary/aromatic N) is 4. The highest BCUT2D eigenvalue weighted by Gasteiger charge is 2.12. The molecule has 4 heteroatoms. The van der Waals surface area contributed by atoms with Gasteiger partial charge in [0.15, 0.2) is 0 Å². The van der Waals surface area contributed by atoms with Crippen molar-refractivity contribution in [2.45, 2.75) is 0 Å². The van der Waals surface area contributed by atoms with Gasteiger partial charge in [-0.25, -0.2) is 9.97 Å². The summed E-state index contributed by atoms with van der Waals surface area (Å²) < 4.78 is 0. The molecule has 0 fully saturated rings. The number of rotatable bonds is 3. The van der Waals surface area contributed by atoms with Gasteiger partial charge in [-0.3, -0.25) is 9.97 Å². The summed E-state index contributed by atoms with van der Waals surface area (Å²) in [6.07, 6.45) is 3.62. The molecule has 4 aromatic heterocycles. The molecule has 0 bridgehead atoms. The van der Waals surface area contributed by atoms with Gasteiger partial charge in [-0.05, 0) is 47.5 Å². The van der Waals surface area contributed by atoms with Crippen LogP contribution in [0.15, 0.2) is 122 Å². The van der Waals surface area contributed by atoms with E-state index in [-0.39, 0.29) is 0 Å². The molecule has 0 unspecified atom stereocenters. The largest absolute Gasteiger partial charge is 0.255 e. The third kappa shape index (κ3) is 3.48. The Labute approximate surface area is 208 Å². The molecule has 0 spiro atoms. The van der Waals surface area contributed by atoms with E-state index in [4.69, 9.17) is 9.97 Å². The van der Waals surface area contributed by atoms with Crippen molar-refractivity contribution in [1.82, 2.24) is 19.9 Å². The van der Waals surface area contributed by atoms with Gasteiger partial charge in [0.2, 0.25) is 0 Å². The van der Waals surface area contributed by atoms with E-state index in [0.717, 1.165) is 66.5 Å². The molecule has 4 heterocycles.